The van der Waals surface area contributed by atoms with Crippen LogP contribution in [0.3, 0.4) is 0 Å². The molecule has 0 saturated carbocycles. The molecule has 0 bridgehead atoms. The van der Waals surface area contributed by atoms with E-state index >= 15 is 0 Å². The number of nitrogens with zero attached hydrogens (tertiary/aromatic N) is 3. The monoisotopic (exact) mass is 341 g/mol. The number of carbonyl (C=O) groups is 2. The summed E-state index contributed by atoms with van der Waals surface area (Å²) in [6.45, 7) is -0.307. The van der Waals surface area contributed by atoms with Crippen LogP contribution in [0.4, 0.5) is 13.2 Å². The lowest BCUT2D eigenvalue weighted by atomic mass is 10.1. The zero-order chi connectivity index (χ0) is 18.1. The third kappa shape index (κ3) is 3.73. The number of aromatic carboxylic acids is 1. The van der Waals surface area contributed by atoms with Gasteiger partial charge >= 0.3 is 12.1 Å². The molecule has 0 aliphatic carbocycles. The van der Waals surface area contributed by atoms with Crippen molar-refractivity contribution in [2.45, 2.75) is 12.7 Å². The summed E-state index contributed by atoms with van der Waals surface area (Å²) < 4.78 is 39.8. The number of hydrogen-bond acceptors (Lipinski definition) is 3. The van der Waals surface area contributed by atoms with Crippen molar-refractivity contribution in [2.24, 2.45) is 7.05 Å². The second-order valence-corrected chi connectivity index (χ2v) is 5.22. The number of carboxylic acid groups (broad SMARTS) is 1. The van der Waals surface area contributed by atoms with Crippen LogP contribution in [0.15, 0.2) is 30.5 Å². The maximum absolute atomic E-state index is 12.9. The molecule has 1 amide bonds. The lowest BCUT2D eigenvalue weighted by Gasteiger charge is -2.18. The zero-order valence-corrected chi connectivity index (χ0v) is 12.8. The first-order chi connectivity index (χ1) is 11.1. The highest BCUT2D eigenvalue weighted by Crippen LogP contribution is 2.31. The third-order valence-corrected chi connectivity index (χ3v) is 3.28. The van der Waals surface area contributed by atoms with Gasteiger partial charge in [0.25, 0.3) is 5.91 Å². The van der Waals surface area contributed by atoms with E-state index < -0.39 is 23.7 Å². The average Bonchev–Trinajstić information content (AvgIpc) is 2.87. The molecule has 0 aliphatic heterocycles. The Kier molecular flexibility index (Phi) is 4.63. The predicted octanol–water partition coefficient (Wildman–Crippen LogP) is 2.41. The highest BCUT2D eigenvalue weighted by atomic mass is 19.4. The van der Waals surface area contributed by atoms with Gasteiger partial charge in [0, 0.05) is 38.0 Å². The van der Waals surface area contributed by atoms with Gasteiger partial charge < -0.3 is 10.0 Å². The van der Waals surface area contributed by atoms with Crippen LogP contribution in [0.1, 0.15) is 32.0 Å². The fraction of sp³-hybridized carbons (Fsp3) is 0.267. The van der Waals surface area contributed by atoms with E-state index in [9.17, 15) is 22.8 Å². The van der Waals surface area contributed by atoms with Crippen LogP contribution in [-0.2, 0) is 19.8 Å². The molecule has 1 aromatic heterocycles. The molecule has 0 aliphatic rings. The second-order valence-electron chi connectivity index (χ2n) is 5.22. The van der Waals surface area contributed by atoms with Crippen LogP contribution in [0, 0.1) is 0 Å². The number of aryl methyl sites for hydroxylation is 1. The minimum absolute atomic E-state index is 0.0772. The summed E-state index contributed by atoms with van der Waals surface area (Å²) in [6, 6.07) is 5.30. The summed E-state index contributed by atoms with van der Waals surface area (Å²) in [5, 5.41) is 12.3. The largest absolute Gasteiger partial charge is 0.478 e. The normalized spacial score (nSPS) is 11.4. The van der Waals surface area contributed by atoms with Gasteiger partial charge in [0.1, 0.15) is 0 Å². The number of aromatic nitrogens is 2. The molecule has 2 rings (SSSR count). The van der Waals surface area contributed by atoms with E-state index in [1.54, 1.807) is 0 Å². The molecule has 0 fully saturated rings. The molecule has 24 heavy (non-hydrogen) atoms. The van der Waals surface area contributed by atoms with Crippen LogP contribution in [0.25, 0.3) is 0 Å². The number of alkyl halides is 3. The first-order valence-corrected chi connectivity index (χ1v) is 6.78. The van der Waals surface area contributed by atoms with Gasteiger partial charge in [-0.2, -0.15) is 18.3 Å². The van der Waals surface area contributed by atoms with Crippen LogP contribution >= 0.6 is 0 Å². The van der Waals surface area contributed by atoms with Crippen LogP contribution in [-0.4, -0.2) is 38.7 Å². The molecule has 6 nitrogen and oxygen atoms in total. The number of hydrogen-bond donors (Lipinski definition) is 1. The number of halogens is 3. The standard InChI is InChI=1S/C15H14F3N3O3/c1-20(7-11-8-21(2)19-12(11)15(16,17)18)13(22)9-4-3-5-10(6-9)14(23)24/h3-6,8H,7H2,1-2H3,(H,23,24). The SMILES string of the molecule is CN(Cc1cn(C)nc1C(F)(F)F)C(=O)c1cccc(C(=O)O)c1. The minimum Gasteiger partial charge on any atom is -0.478 e. The van der Waals surface area contributed by atoms with Crippen LogP contribution < -0.4 is 0 Å². The Hall–Kier alpha value is -2.84. The first kappa shape index (κ1) is 17.5. The highest BCUT2D eigenvalue weighted by Gasteiger charge is 2.37. The third-order valence-electron chi connectivity index (χ3n) is 3.28. The summed E-state index contributed by atoms with van der Waals surface area (Å²) in [5.41, 5.74) is -1.19. The van der Waals surface area contributed by atoms with E-state index in [1.807, 2.05) is 0 Å². The lowest BCUT2D eigenvalue weighted by Crippen LogP contribution is -2.27. The molecule has 0 radical (unpaired) electrons. The second kappa shape index (κ2) is 6.34. The van der Waals surface area contributed by atoms with E-state index in [4.69, 9.17) is 5.11 Å². The van der Waals surface area contributed by atoms with E-state index in [-0.39, 0.29) is 23.2 Å². The van der Waals surface area contributed by atoms with Crippen molar-refractivity contribution in [3.63, 3.8) is 0 Å². The van der Waals surface area contributed by atoms with Gasteiger partial charge in [0.2, 0.25) is 0 Å². The molecular weight excluding hydrogens is 327 g/mol. The average molecular weight is 341 g/mol. The Balaban J connectivity index is 2.24. The summed E-state index contributed by atoms with van der Waals surface area (Å²) in [4.78, 5) is 24.3. The number of carboxylic acids is 1. The smallest absolute Gasteiger partial charge is 0.435 e. The van der Waals surface area contributed by atoms with Crippen molar-refractivity contribution in [3.8, 4) is 0 Å². The van der Waals surface area contributed by atoms with E-state index in [2.05, 4.69) is 5.10 Å². The first-order valence-electron chi connectivity index (χ1n) is 6.78. The van der Waals surface area contributed by atoms with E-state index in [1.165, 1.54) is 44.6 Å². The van der Waals surface area contributed by atoms with Crippen molar-refractivity contribution in [3.05, 3.63) is 52.8 Å². The molecule has 0 spiro atoms. The zero-order valence-electron chi connectivity index (χ0n) is 12.8. The topological polar surface area (TPSA) is 75.4 Å². The molecule has 1 N–H and O–H groups in total. The van der Waals surface area contributed by atoms with E-state index in [0.29, 0.717) is 0 Å². The van der Waals surface area contributed by atoms with Crippen LogP contribution in [0.2, 0.25) is 0 Å². The van der Waals surface area contributed by atoms with Gasteiger partial charge in [-0.3, -0.25) is 9.48 Å². The molecule has 0 atom stereocenters. The number of amides is 1. The molecule has 0 unspecified atom stereocenters. The number of benzene rings is 1. The fourth-order valence-corrected chi connectivity index (χ4v) is 2.22. The van der Waals surface area contributed by atoms with E-state index in [0.717, 1.165) is 9.58 Å². The quantitative estimate of drug-likeness (QED) is 0.927. The Bertz CT molecular complexity index is 784. The van der Waals surface area contributed by atoms with Gasteiger partial charge in [-0.1, -0.05) is 6.07 Å². The lowest BCUT2D eigenvalue weighted by molar-refractivity contribution is -0.142. The number of rotatable bonds is 4. The molecule has 1 aromatic carbocycles. The maximum Gasteiger partial charge on any atom is 0.435 e. The Morgan fingerprint density at radius 2 is 1.92 bits per heavy atom. The Labute approximate surface area is 135 Å². The summed E-state index contributed by atoms with van der Waals surface area (Å²) in [6.07, 6.45) is -3.43. The highest BCUT2D eigenvalue weighted by molar-refractivity contribution is 5.97. The maximum atomic E-state index is 12.9. The summed E-state index contributed by atoms with van der Waals surface area (Å²) >= 11 is 0. The van der Waals surface area contributed by atoms with Gasteiger partial charge in [0.05, 0.1) is 5.56 Å². The van der Waals surface area contributed by atoms with Gasteiger partial charge in [0.15, 0.2) is 5.69 Å². The molecule has 2 aromatic rings. The summed E-state index contributed by atoms with van der Waals surface area (Å²) in [7, 11) is 2.69. The minimum atomic E-state index is -4.62. The van der Waals surface area contributed by atoms with Crippen molar-refractivity contribution >= 4 is 11.9 Å². The van der Waals surface area contributed by atoms with Crippen molar-refractivity contribution in [2.75, 3.05) is 7.05 Å². The van der Waals surface area contributed by atoms with Crippen LogP contribution in [0.5, 0.6) is 0 Å². The Morgan fingerprint density at radius 3 is 2.50 bits per heavy atom. The summed E-state index contributed by atoms with van der Waals surface area (Å²) in [5.74, 6) is -1.78. The number of carbonyl (C=O) groups excluding carboxylic acids is 1. The van der Waals surface area contributed by atoms with Gasteiger partial charge in [-0.25, -0.2) is 4.79 Å². The van der Waals surface area contributed by atoms with Crippen molar-refractivity contribution in [1.29, 1.82) is 0 Å². The van der Waals surface area contributed by atoms with Gasteiger partial charge in [-0.15, -0.1) is 0 Å². The van der Waals surface area contributed by atoms with Crippen molar-refractivity contribution in [1.82, 2.24) is 14.7 Å². The van der Waals surface area contributed by atoms with Gasteiger partial charge in [-0.05, 0) is 18.2 Å². The molecule has 9 heteroatoms. The molecular formula is C15H14F3N3O3. The molecule has 0 saturated heterocycles. The predicted molar refractivity (Wildman–Crippen MR) is 77.4 cm³/mol. The van der Waals surface area contributed by atoms with Crippen molar-refractivity contribution < 1.29 is 27.9 Å². The fourth-order valence-electron chi connectivity index (χ4n) is 2.22. The molecule has 128 valence electrons. The molecule has 1 heterocycles. The Morgan fingerprint density at radius 1 is 1.29 bits per heavy atom.